The lowest BCUT2D eigenvalue weighted by Crippen LogP contribution is -2.33. The molecule has 0 spiro atoms. The van der Waals surface area contributed by atoms with E-state index >= 15 is 0 Å². The van der Waals surface area contributed by atoms with Gasteiger partial charge in [-0.15, -0.1) is 0 Å². The number of rotatable bonds is 5. The van der Waals surface area contributed by atoms with Gasteiger partial charge in [0.1, 0.15) is 17.3 Å². The topological polar surface area (TPSA) is 44.1 Å². The van der Waals surface area contributed by atoms with Crippen LogP contribution in [0, 0.1) is 0 Å². The first-order valence-corrected chi connectivity index (χ1v) is 9.44. The van der Waals surface area contributed by atoms with E-state index in [0.29, 0.717) is 18.8 Å². The van der Waals surface area contributed by atoms with Gasteiger partial charge in [0.2, 0.25) is 0 Å². The fraction of sp³-hybridized carbons (Fsp3) is 0.304. The quantitative estimate of drug-likeness (QED) is 0.619. The third-order valence-corrected chi connectivity index (χ3v) is 5.34. The van der Waals surface area contributed by atoms with Crippen LogP contribution in [0.5, 0.6) is 0 Å². The van der Waals surface area contributed by atoms with Crippen LogP contribution >= 0.6 is 0 Å². The molecule has 0 radical (unpaired) electrons. The Labute approximate surface area is 164 Å². The van der Waals surface area contributed by atoms with Crippen molar-refractivity contribution in [2.45, 2.75) is 44.0 Å². The Morgan fingerprint density at radius 1 is 1.11 bits per heavy atom. The molecule has 2 heterocycles. The van der Waals surface area contributed by atoms with Crippen molar-refractivity contribution in [2.24, 2.45) is 0 Å². The number of cyclic esters (lactones) is 1. The van der Waals surface area contributed by atoms with E-state index in [-0.39, 0.29) is 12.1 Å². The normalized spacial score (nSPS) is 18.8. The first-order chi connectivity index (χ1) is 13.4. The van der Waals surface area contributed by atoms with Crippen LogP contribution in [0.4, 0.5) is 4.39 Å². The summed E-state index contributed by atoms with van der Waals surface area (Å²) >= 11 is 0. The van der Waals surface area contributed by atoms with Crippen molar-refractivity contribution in [1.29, 1.82) is 0 Å². The van der Waals surface area contributed by atoms with Crippen LogP contribution in [-0.2, 0) is 27.2 Å². The number of ether oxygens (including phenoxy) is 1. The zero-order valence-corrected chi connectivity index (χ0v) is 16.0. The van der Waals surface area contributed by atoms with E-state index in [1.165, 1.54) is 13.8 Å². The molecule has 1 saturated heterocycles. The fourth-order valence-corrected chi connectivity index (χ4v) is 4.09. The largest absolute Gasteiger partial charge is 0.459 e. The van der Waals surface area contributed by atoms with Crippen LogP contribution in [0.25, 0.3) is 0 Å². The van der Waals surface area contributed by atoms with Gasteiger partial charge >= 0.3 is 5.97 Å². The number of hydrogen-bond donors (Lipinski definition) is 0. The van der Waals surface area contributed by atoms with E-state index < -0.39 is 11.1 Å². The molecule has 0 bridgehead atoms. The van der Waals surface area contributed by atoms with E-state index in [4.69, 9.17) is 4.74 Å². The summed E-state index contributed by atoms with van der Waals surface area (Å²) in [6, 6.07) is 19.4. The van der Waals surface area contributed by atoms with Gasteiger partial charge in [-0.2, -0.15) is 0 Å². The van der Waals surface area contributed by atoms with E-state index in [1.54, 1.807) is 17.0 Å². The molecule has 3 aromatic rings. The van der Waals surface area contributed by atoms with Crippen molar-refractivity contribution in [1.82, 2.24) is 9.55 Å². The summed E-state index contributed by atoms with van der Waals surface area (Å²) in [7, 11) is 0. The summed E-state index contributed by atoms with van der Waals surface area (Å²) in [6.45, 7) is 3.32. The lowest BCUT2D eigenvalue weighted by atomic mass is 9.72. The molecule has 1 atom stereocenters. The third kappa shape index (κ3) is 3.11. The van der Waals surface area contributed by atoms with Gasteiger partial charge < -0.3 is 9.30 Å². The van der Waals surface area contributed by atoms with Crippen LogP contribution in [0.1, 0.15) is 37.2 Å². The third-order valence-electron chi connectivity index (χ3n) is 5.34. The Hall–Kier alpha value is -2.95. The van der Waals surface area contributed by atoms with E-state index in [0.717, 1.165) is 11.1 Å². The average molecular weight is 378 g/mol. The van der Waals surface area contributed by atoms with Crippen LogP contribution in [0.15, 0.2) is 73.1 Å². The second kappa shape index (κ2) is 6.89. The number of benzene rings is 2. The molecule has 1 fully saturated rings. The minimum atomic E-state index is -1.57. The van der Waals surface area contributed by atoms with Gasteiger partial charge in [-0.1, -0.05) is 60.7 Å². The number of aromatic nitrogens is 2. The van der Waals surface area contributed by atoms with Gasteiger partial charge in [-0.05, 0) is 25.0 Å². The molecule has 0 N–H and O–H groups in total. The zero-order chi connectivity index (χ0) is 19.8. The highest BCUT2D eigenvalue weighted by Crippen LogP contribution is 2.44. The molecule has 0 saturated carbocycles. The van der Waals surface area contributed by atoms with Crippen molar-refractivity contribution in [3.05, 3.63) is 90.0 Å². The van der Waals surface area contributed by atoms with Crippen LogP contribution in [-0.4, -0.2) is 21.6 Å². The van der Waals surface area contributed by atoms with Gasteiger partial charge in [-0.25, -0.2) is 9.37 Å². The number of nitrogens with zero attached hydrogens (tertiary/aromatic N) is 2. The molecule has 5 heteroatoms. The maximum absolute atomic E-state index is 14.5. The molecule has 1 aliphatic rings. The molecule has 28 heavy (non-hydrogen) atoms. The number of esters is 1. The standard InChI is InChI=1S/C23H23FN2O2/c1-22(2,24)20-25-13-14-26(20)16-19-15-23(21(27)28-19,17-9-5-3-6-10-17)18-11-7-4-8-12-18/h3-14,19H,15-16H2,1-2H3. The maximum Gasteiger partial charge on any atom is 0.321 e. The summed E-state index contributed by atoms with van der Waals surface area (Å²) < 4.78 is 22.0. The highest BCUT2D eigenvalue weighted by Gasteiger charge is 2.51. The Morgan fingerprint density at radius 2 is 1.68 bits per heavy atom. The van der Waals surface area contributed by atoms with Crippen molar-refractivity contribution in [3.8, 4) is 0 Å². The van der Waals surface area contributed by atoms with Crippen LogP contribution < -0.4 is 0 Å². The zero-order valence-electron chi connectivity index (χ0n) is 16.0. The highest BCUT2D eigenvalue weighted by atomic mass is 19.1. The number of alkyl halides is 1. The average Bonchev–Trinajstić information content (AvgIpc) is 3.28. The first kappa shape index (κ1) is 18.4. The molecule has 1 aliphatic heterocycles. The monoisotopic (exact) mass is 378 g/mol. The summed E-state index contributed by atoms with van der Waals surface area (Å²) in [4.78, 5) is 17.3. The molecule has 0 aliphatic carbocycles. The van der Waals surface area contributed by atoms with E-state index in [1.807, 2.05) is 60.7 Å². The lowest BCUT2D eigenvalue weighted by molar-refractivity contribution is -0.145. The summed E-state index contributed by atoms with van der Waals surface area (Å²) in [5.74, 6) is 0.0662. The second-order valence-corrected chi connectivity index (χ2v) is 7.74. The van der Waals surface area contributed by atoms with Gasteiger partial charge in [0.25, 0.3) is 0 Å². The number of carbonyl (C=O) groups excluding carboxylic acids is 1. The predicted molar refractivity (Wildman–Crippen MR) is 105 cm³/mol. The molecule has 1 aromatic heterocycles. The van der Waals surface area contributed by atoms with Crippen molar-refractivity contribution >= 4 is 5.97 Å². The summed E-state index contributed by atoms with van der Waals surface area (Å²) in [6.07, 6.45) is 3.43. The highest BCUT2D eigenvalue weighted by molar-refractivity contribution is 5.89. The Morgan fingerprint density at radius 3 is 2.21 bits per heavy atom. The maximum atomic E-state index is 14.5. The number of hydrogen-bond acceptors (Lipinski definition) is 3. The number of halogens is 1. The molecule has 4 rings (SSSR count). The van der Waals surface area contributed by atoms with E-state index in [2.05, 4.69) is 4.98 Å². The van der Waals surface area contributed by atoms with Gasteiger partial charge in [0.15, 0.2) is 5.67 Å². The SMILES string of the molecule is CC(C)(F)c1nccn1CC1CC(c2ccccc2)(c2ccccc2)C(=O)O1. The lowest BCUT2D eigenvalue weighted by Gasteiger charge is -2.26. The van der Waals surface area contributed by atoms with Crippen molar-refractivity contribution in [3.63, 3.8) is 0 Å². The molecule has 144 valence electrons. The smallest absolute Gasteiger partial charge is 0.321 e. The van der Waals surface area contributed by atoms with Crippen LogP contribution in [0.3, 0.4) is 0 Å². The molecule has 1 unspecified atom stereocenters. The number of carbonyl (C=O) groups is 1. The molecule has 4 nitrogen and oxygen atoms in total. The predicted octanol–water partition coefficient (Wildman–Crippen LogP) is 4.39. The minimum Gasteiger partial charge on any atom is -0.459 e. The summed E-state index contributed by atoms with van der Waals surface area (Å²) in [5, 5.41) is 0. The van der Waals surface area contributed by atoms with Crippen LogP contribution in [0.2, 0.25) is 0 Å². The Bertz CT molecular complexity index is 922. The first-order valence-electron chi connectivity index (χ1n) is 9.44. The van der Waals surface area contributed by atoms with Crippen molar-refractivity contribution in [2.75, 3.05) is 0 Å². The Kier molecular flexibility index (Phi) is 4.53. The molecule has 2 aromatic carbocycles. The molecule has 0 amide bonds. The molecular weight excluding hydrogens is 355 g/mol. The Balaban J connectivity index is 1.71. The fourth-order valence-electron chi connectivity index (χ4n) is 4.09. The van der Waals surface area contributed by atoms with Crippen molar-refractivity contribution < 1.29 is 13.9 Å². The molecular formula is C23H23FN2O2. The van der Waals surface area contributed by atoms with Gasteiger partial charge in [-0.3, -0.25) is 4.79 Å². The summed E-state index contributed by atoms with van der Waals surface area (Å²) in [5.41, 5.74) is -0.614. The van der Waals surface area contributed by atoms with Gasteiger partial charge in [0.05, 0.1) is 6.54 Å². The second-order valence-electron chi connectivity index (χ2n) is 7.74. The van der Waals surface area contributed by atoms with E-state index in [9.17, 15) is 9.18 Å². The minimum absolute atomic E-state index is 0.268. The van der Waals surface area contributed by atoms with Gasteiger partial charge in [0, 0.05) is 18.8 Å². The number of imidazole rings is 1.